The molecule has 1 fully saturated rings. The van der Waals surface area contributed by atoms with E-state index in [0.717, 1.165) is 42.6 Å². The number of aliphatic hydroxyl groups is 1. The van der Waals surface area contributed by atoms with Crippen LogP contribution in [-0.2, 0) is 11.8 Å². The number of piperidine rings is 1. The molecule has 4 nitrogen and oxygen atoms in total. The van der Waals surface area contributed by atoms with Crippen LogP contribution in [0.2, 0.25) is 0 Å². The molecule has 4 rings (SSSR count). The number of nitrogens with zero attached hydrogens (tertiary/aromatic N) is 2. The van der Waals surface area contributed by atoms with E-state index in [1.165, 1.54) is 6.42 Å². The number of H-pyrrole nitrogens is 1. The number of hydrogen-bond donors (Lipinski definition) is 2. The van der Waals surface area contributed by atoms with Crippen LogP contribution in [0.25, 0.3) is 10.9 Å². The molecule has 1 atom stereocenters. The van der Waals surface area contributed by atoms with Crippen LogP contribution < -0.4 is 4.90 Å². The molecule has 2 N–H and O–H groups in total. The molecule has 3 heterocycles. The summed E-state index contributed by atoms with van der Waals surface area (Å²) >= 11 is 0. The van der Waals surface area contributed by atoms with E-state index in [0.29, 0.717) is 11.2 Å². The van der Waals surface area contributed by atoms with E-state index < -0.39 is 30.0 Å². The topological polar surface area (TPSA) is 52.2 Å². The molecule has 0 saturated carbocycles. The van der Waals surface area contributed by atoms with Crippen molar-refractivity contribution in [3.8, 4) is 0 Å². The lowest BCUT2D eigenvalue weighted by atomic mass is 9.73. The number of alkyl halides is 3. The van der Waals surface area contributed by atoms with Crippen molar-refractivity contribution < 1.29 is 18.3 Å². The Bertz CT molecular complexity index is 1040. The molecule has 172 valence electrons. The lowest BCUT2D eigenvalue weighted by Gasteiger charge is -2.38. The standard InChI is InChI=1S/C25H30F3N3O/c1-23(2,19-7-6-8-21(14-19)31-11-4-3-5-12-31)17-24(32,25(26,27)28)15-20-13-18-16-29-10-9-22(18)30-20/h6-10,13-14,16,30,32H,3-5,11-12,15,17H2,1-2H3. The van der Waals surface area contributed by atoms with Crippen molar-refractivity contribution in [1.29, 1.82) is 0 Å². The van der Waals surface area contributed by atoms with Crippen molar-refractivity contribution in [2.45, 2.75) is 63.1 Å². The van der Waals surface area contributed by atoms with E-state index >= 15 is 0 Å². The van der Waals surface area contributed by atoms with E-state index in [2.05, 4.69) is 14.9 Å². The molecule has 0 spiro atoms. The lowest BCUT2D eigenvalue weighted by Crippen LogP contribution is -2.50. The smallest absolute Gasteiger partial charge is 0.380 e. The Morgan fingerprint density at radius 3 is 2.50 bits per heavy atom. The third kappa shape index (κ3) is 4.63. The predicted octanol–water partition coefficient (Wildman–Crippen LogP) is 5.76. The van der Waals surface area contributed by atoms with Crippen molar-refractivity contribution in [3.63, 3.8) is 0 Å². The molecule has 0 radical (unpaired) electrons. The van der Waals surface area contributed by atoms with Crippen molar-refractivity contribution >= 4 is 16.6 Å². The minimum Gasteiger partial charge on any atom is -0.380 e. The molecule has 0 amide bonds. The first-order valence-electron chi connectivity index (χ1n) is 11.1. The van der Waals surface area contributed by atoms with Crippen molar-refractivity contribution in [2.75, 3.05) is 18.0 Å². The molecule has 0 bridgehead atoms. The average molecular weight is 446 g/mol. The summed E-state index contributed by atoms with van der Waals surface area (Å²) in [4.78, 5) is 9.29. The van der Waals surface area contributed by atoms with Gasteiger partial charge in [-0.05, 0) is 60.9 Å². The third-order valence-electron chi connectivity index (χ3n) is 6.57. The fourth-order valence-electron chi connectivity index (χ4n) is 4.81. The Kier molecular flexibility index (Phi) is 5.96. The molecule has 3 aromatic rings. The normalized spacial score (nSPS) is 17.5. The van der Waals surface area contributed by atoms with E-state index in [-0.39, 0.29) is 0 Å². The largest absolute Gasteiger partial charge is 0.417 e. The minimum atomic E-state index is -4.77. The molecule has 1 aliphatic rings. The number of aromatic amines is 1. The van der Waals surface area contributed by atoms with Gasteiger partial charge in [-0.15, -0.1) is 0 Å². The molecule has 1 saturated heterocycles. The van der Waals surface area contributed by atoms with Crippen LogP contribution in [0.15, 0.2) is 48.8 Å². The Balaban J connectivity index is 1.61. The Morgan fingerprint density at radius 2 is 1.81 bits per heavy atom. The van der Waals surface area contributed by atoms with Gasteiger partial charge in [-0.3, -0.25) is 4.98 Å². The molecule has 32 heavy (non-hydrogen) atoms. The van der Waals surface area contributed by atoms with Gasteiger partial charge in [0, 0.05) is 54.2 Å². The second-order valence-electron chi connectivity index (χ2n) is 9.62. The van der Waals surface area contributed by atoms with Gasteiger partial charge in [0.1, 0.15) is 0 Å². The first kappa shape index (κ1) is 22.6. The van der Waals surface area contributed by atoms with Crippen molar-refractivity contribution in [1.82, 2.24) is 9.97 Å². The quantitative estimate of drug-likeness (QED) is 0.507. The van der Waals surface area contributed by atoms with Gasteiger partial charge in [-0.1, -0.05) is 26.0 Å². The predicted molar refractivity (Wildman–Crippen MR) is 121 cm³/mol. The number of pyridine rings is 1. The zero-order valence-corrected chi connectivity index (χ0v) is 18.5. The third-order valence-corrected chi connectivity index (χ3v) is 6.57. The Labute approximate surface area is 186 Å². The average Bonchev–Trinajstić information content (AvgIpc) is 3.15. The van der Waals surface area contributed by atoms with Gasteiger partial charge in [-0.25, -0.2) is 0 Å². The monoisotopic (exact) mass is 445 g/mol. The van der Waals surface area contributed by atoms with Crippen molar-refractivity contribution in [3.05, 3.63) is 60.0 Å². The van der Waals surface area contributed by atoms with Crippen LogP contribution in [0.4, 0.5) is 18.9 Å². The number of hydrogen-bond acceptors (Lipinski definition) is 3. The maximum Gasteiger partial charge on any atom is 0.417 e. The molecular formula is C25H30F3N3O. The summed E-state index contributed by atoms with van der Waals surface area (Å²) in [5, 5.41) is 11.7. The highest BCUT2D eigenvalue weighted by Crippen LogP contribution is 2.43. The lowest BCUT2D eigenvalue weighted by molar-refractivity contribution is -0.266. The van der Waals surface area contributed by atoms with E-state index in [9.17, 15) is 18.3 Å². The maximum absolute atomic E-state index is 14.2. The van der Waals surface area contributed by atoms with Crippen LogP contribution in [-0.4, -0.2) is 39.9 Å². The molecule has 1 unspecified atom stereocenters. The van der Waals surface area contributed by atoms with Gasteiger partial charge in [-0.2, -0.15) is 13.2 Å². The molecular weight excluding hydrogens is 415 g/mol. The Hall–Kier alpha value is -2.54. The summed E-state index contributed by atoms with van der Waals surface area (Å²) in [6.45, 7) is 5.47. The number of fused-ring (bicyclic) bond motifs is 1. The van der Waals surface area contributed by atoms with E-state index in [4.69, 9.17) is 0 Å². The number of nitrogens with one attached hydrogen (secondary N) is 1. The number of rotatable bonds is 6. The molecule has 7 heteroatoms. The summed E-state index contributed by atoms with van der Waals surface area (Å²) in [6, 6.07) is 11.1. The van der Waals surface area contributed by atoms with Gasteiger partial charge >= 0.3 is 6.18 Å². The first-order chi connectivity index (χ1) is 15.1. The summed E-state index contributed by atoms with van der Waals surface area (Å²) < 4.78 is 42.5. The fourth-order valence-corrected chi connectivity index (χ4v) is 4.81. The molecule has 1 aromatic carbocycles. The zero-order chi connectivity index (χ0) is 23.0. The molecule has 2 aromatic heterocycles. The van der Waals surface area contributed by atoms with Crippen LogP contribution in [0.1, 0.15) is 50.8 Å². The fraction of sp³-hybridized carbons (Fsp3) is 0.480. The van der Waals surface area contributed by atoms with Gasteiger partial charge in [0.05, 0.1) is 0 Å². The summed E-state index contributed by atoms with van der Waals surface area (Å²) in [5.41, 5.74) is -0.882. The minimum absolute atomic E-state index is 0.339. The number of halogens is 3. The zero-order valence-electron chi connectivity index (χ0n) is 18.5. The van der Waals surface area contributed by atoms with Gasteiger partial charge in [0.15, 0.2) is 5.60 Å². The highest BCUT2D eigenvalue weighted by molar-refractivity contribution is 5.79. The van der Waals surface area contributed by atoms with Crippen LogP contribution >= 0.6 is 0 Å². The van der Waals surface area contributed by atoms with Gasteiger partial charge < -0.3 is 15.0 Å². The number of benzene rings is 1. The van der Waals surface area contributed by atoms with Gasteiger partial charge in [0.2, 0.25) is 0 Å². The summed E-state index contributed by atoms with van der Waals surface area (Å²) in [6.07, 6.45) is 0.882. The van der Waals surface area contributed by atoms with Crippen LogP contribution in [0, 0.1) is 0 Å². The van der Waals surface area contributed by atoms with Crippen LogP contribution in [0.3, 0.4) is 0 Å². The number of anilines is 1. The number of aromatic nitrogens is 2. The summed E-state index contributed by atoms with van der Waals surface area (Å²) in [5.74, 6) is 0. The molecule has 1 aliphatic heterocycles. The molecule has 0 aliphatic carbocycles. The Morgan fingerprint density at radius 1 is 1.06 bits per heavy atom. The highest BCUT2D eigenvalue weighted by atomic mass is 19.4. The maximum atomic E-state index is 14.2. The van der Waals surface area contributed by atoms with Crippen molar-refractivity contribution in [2.24, 2.45) is 0 Å². The van der Waals surface area contributed by atoms with Gasteiger partial charge in [0.25, 0.3) is 0 Å². The van der Waals surface area contributed by atoms with E-state index in [1.54, 1.807) is 38.4 Å². The second-order valence-corrected chi connectivity index (χ2v) is 9.62. The second kappa shape index (κ2) is 8.43. The van der Waals surface area contributed by atoms with Crippen LogP contribution in [0.5, 0.6) is 0 Å². The summed E-state index contributed by atoms with van der Waals surface area (Å²) in [7, 11) is 0. The first-order valence-corrected chi connectivity index (χ1v) is 11.1. The van der Waals surface area contributed by atoms with E-state index in [1.807, 2.05) is 24.3 Å². The highest BCUT2D eigenvalue weighted by Gasteiger charge is 2.56. The SMILES string of the molecule is CC(C)(CC(O)(Cc1cc2cnccc2[nH]1)C(F)(F)F)c1cccc(N2CCCCC2)c1.